The van der Waals surface area contributed by atoms with E-state index in [0.717, 1.165) is 22.0 Å². The fourth-order valence-electron chi connectivity index (χ4n) is 7.48. The van der Waals surface area contributed by atoms with E-state index in [4.69, 9.17) is 5.10 Å². The van der Waals surface area contributed by atoms with Crippen LogP contribution in [-0.4, -0.2) is 70.5 Å². The number of pyridine rings is 1. The molecule has 2 aliphatic rings. The Bertz CT molecular complexity index is 2150. The average Bonchev–Trinajstić information content (AvgIpc) is 3.82. The highest BCUT2D eigenvalue weighted by atomic mass is 19.1. The molecule has 1 amide bonds. The van der Waals surface area contributed by atoms with Gasteiger partial charge in [0.05, 0.1) is 34.1 Å². The van der Waals surface area contributed by atoms with Crippen molar-refractivity contribution in [1.29, 1.82) is 0 Å². The molecule has 6 aromatic rings. The summed E-state index contributed by atoms with van der Waals surface area (Å²) >= 11 is 0. The summed E-state index contributed by atoms with van der Waals surface area (Å²) in [5.41, 5.74) is 3.45. The lowest BCUT2D eigenvalue weighted by atomic mass is 9.73. The van der Waals surface area contributed by atoms with Crippen LogP contribution in [0.25, 0.3) is 50.2 Å². The Labute approximate surface area is 262 Å². The van der Waals surface area contributed by atoms with Crippen molar-refractivity contribution in [2.24, 2.45) is 5.41 Å². The molecule has 46 heavy (non-hydrogen) atoms. The van der Waals surface area contributed by atoms with Crippen LogP contribution in [0, 0.1) is 17.0 Å². The Morgan fingerprint density at radius 3 is 2.52 bits per heavy atom. The molecule has 2 aromatic carbocycles. The number of piperazine rings is 1. The SMILES string of the molecule is CC(C)(C)[C@]12C[C@@H](CN1C(=O)O)N(c1cc(F)c(-c3ccnc4c(-c5cccc6[nH]ncc56)c(-c5ccncc5)nn34)c(F)c1)C2. The van der Waals surface area contributed by atoms with E-state index in [1.54, 1.807) is 24.7 Å². The summed E-state index contributed by atoms with van der Waals surface area (Å²) in [5, 5.41) is 22.9. The molecule has 0 radical (unpaired) electrons. The number of hydrogen-bond donors (Lipinski definition) is 2. The van der Waals surface area contributed by atoms with Crippen LogP contribution in [0.5, 0.6) is 0 Å². The lowest BCUT2D eigenvalue weighted by molar-refractivity contribution is 0.0363. The van der Waals surface area contributed by atoms with Gasteiger partial charge in [-0.2, -0.15) is 10.2 Å². The third-order valence-corrected chi connectivity index (χ3v) is 9.82. The van der Waals surface area contributed by atoms with E-state index in [-0.39, 0.29) is 29.3 Å². The number of nitrogens with one attached hydrogen (secondary N) is 1. The van der Waals surface area contributed by atoms with Gasteiger partial charge in [0.25, 0.3) is 0 Å². The predicted octanol–water partition coefficient (Wildman–Crippen LogP) is 6.64. The number of carboxylic acid groups (broad SMARTS) is 1. The van der Waals surface area contributed by atoms with Crippen molar-refractivity contribution < 1.29 is 18.7 Å². The van der Waals surface area contributed by atoms with Gasteiger partial charge in [-0.05, 0) is 53.8 Å². The van der Waals surface area contributed by atoms with Gasteiger partial charge in [0.2, 0.25) is 0 Å². The number of carbonyl (C=O) groups is 1. The molecule has 232 valence electrons. The van der Waals surface area contributed by atoms with Crippen molar-refractivity contribution in [1.82, 2.24) is 34.7 Å². The molecule has 10 nitrogen and oxygen atoms in total. The summed E-state index contributed by atoms with van der Waals surface area (Å²) in [7, 11) is 0. The predicted molar refractivity (Wildman–Crippen MR) is 169 cm³/mol. The topological polar surface area (TPSA) is 116 Å². The van der Waals surface area contributed by atoms with Gasteiger partial charge in [-0.15, -0.1) is 0 Å². The molecule has 0 saturated carbocycles. The molecule has 2 saturated heterocycles. The first-order valence-corrected chi connectivity index (χ1v) is 15.0. The van der Waals surface area contributed by atoms with E-state index >= 15 is 8.78 Å². The second kappa shape index (κ2) is 9.80. The quantitative estimate of drug-likeness (QED) is 0.227. The molecule has 8 rings (SSSR count). The van der Waals surface area contributed by atoms with Crippen LogP contribution in [0.15, 0.2) is 73.3 Å². The van der Waals surface area contributed by atoms with Crippen LogP contribution in [0.1, 0.15) is 27.2 Å². The van der Waals surface area contributed by atoms with Crippen molar-refractivity contribution in [3.63, 3.8) is 0 Å². The highest BCUT2D eigenvalue weighted by Crippen LogP contribution is 2.52. The molecule has 0 unspecified atom stereocenters. The summed E-state index contributed by atoms with van der Waals surface area (Å²) in [6.07, 6.45) is 6.21. The molecule has 2 atom stereocenters. The maximum Gasteiger partial charge on any atom is 0.407 e. The Morgan fingerprint density at radius 2 is 1.80 bits per heavy atom. The van der Waals surface area contributed by atoms with Gasteiger partial charge in [0, 0.05) is 54.4 Å². The van der Waals surface area contributed by atoms with Gasteiger partial charge in [0.15, 0.2) is 5.65 Å². The minimum Gasteiger partial charge on any atom is -0.465 e. The zero-order valence-electron chi connectivity index (χ0n) is 25.4. The monoisotopic (exact) mass is 620 g/mol. The highest BCUT2D eigenvalue weighted by molar-refractivity contribution is 6.03. The summed E-state index contributed by atoms with van der Waals surface area (Å²) in [6, 6.07) is 13.5. The number of anilines is 1. The maximum absolute atomic E-state index is 16.2. The van der Waals surface area contributed by atoms with E-state index in [2.05, 4.69) is 20.2 Å². The van der Waals surface area contributed by atoms with Crippen LogP contribution in [0.3, 0.4) is 0 Å². The Balaban J connectivity index is 1.27. The fraction of sp³-hybridized carbons (Fsp3) is 0.265. The molecular formula is C34H30F2N8O2. The first-order chi connectivity index (χ1) is 22.1. The van der Waals surface area contributed by atoms with E-state index in [0.29, 0.717) is 35.6 Å². The second-order valence-electron chi connectivity index (χ2n) is 13.1. The molecule has 2 bridgehead atoms. The highest BCUT2D eigenvalue weighted by Gasteiger charge is 2.61. The standard InChI is InChI=1S/C34H30F2N8O2/c1-33(2,3)34-15-21(17-43(34)32(45)46)42(18-34)20-13-24(35)29(25(36)14-20)27-9-12-38-31-28(22-5-4-6-26-23(22)16-39-40-26)30(41-44(27)31)19-7-10-37-11-8-19/h4-14,16,21H,15,17-18H2,1-3H3,(H,39,40)(H,45,46)/t21-,34+/m0/s1. The number of halogens is 2. The van der Waals surface area contributed by atoms with E-state index in [1.807, 2.05) is 56.0 Å². The Hall–Kier alpha value is -5.39. The third-order valence-electron chi connectivity index (χ3n) is 9.82. The summed E-state index contributed by atoms with van der Waals surface area (Å²) in [4.78, 5) is 24.4. The van der Waals surface area contributed by atoms with E-state index in [1.165, 1.54) is 27.7 Å². The van der Waals surface area contributed by atoms with Crippen LogP contribution >= 0.6 is 0 Å². The third kappa shape index (κ3) is 3.95. The molecular weight excluding hydrogens is 590 g/mol. The normalized spacial score (nSPS) is 19.5. The molecule has 2 fully saturated rings. The molecule has 12 heteroatoms. The average molecular weight is 621 g/mol. The largest absolute Gasteiger partial charge is 0.465 e. The van der Waals surface area contributed by atoms with Gasteiger partial charge in [0.1, 0.15) is 17.3 Å². The molecule has 0 spiro atoms. The molecule has 4 aromatic heterocycles. The fourth-order valence-corrected chi connectivity index (χ4v) is 7.48. The minimum atomic E-state index is -0.972. The number of amides is 1. The zero-order chi connectivity index (χ0) is 32.0. The van der Waals surface area contributed by atoms with Gasteiger partial charge in [-0.1, -0.05) is 32.9 Å². The van der Waals surface area contributed by atoms with Gasteiger partial charge >= 0.3 is 6.09 Å². The number of nitrogens with zero attached hydrogens (tertiary/aromatic N) is 7. The number of aromatic amines is 1. The Kier molecular flexibility index (Phi) is 5.99. The minimum absolute atomic E-state index is 0.185. The number of benzene rings is 2. The lowest BCUT2D eigenvalue weighted by Crippen LogP contribution is -2.61. The summed E-state index contributed by atoms with van der Waals surface area (Å²) < 4.78 is 33.9. The van der Waals surface area contributed by atoms with E-state index < -0.39 is 23.3 Å². The smallest absolute Gasteiger partial charge is 0.407 e. The number of rotatable bonds is 4. The van der Waals surface area contributed by atoms with Gasteiger partial charge in [-0.25, -0.2) is 23.1 Å². The molecule has 2 N–H and O–H groups in total. The van der Waals surface area contributed by atoms with Crippen LogP contribution < -0.4 is 4.90 Å². The molecule has 0 aliphatic carbocycles. The van der Waals surface area contributed by atoms with Crippen molar-refractivity contribution in [3.05, 3.63) is 85.0 Å². The second-order valence-corrected chi connectivity index (χ2v) is 13.1. The molecule has 2 aliphatic heterocycles. The molecule has 6 heterocycles. The first-order valence-electron chi connectivity index (χ1n) is 15.0. The maximum atomic E-state index is 16.2. The Morgan fingerprint density at radius 1 is 1.04 bits per heavy atom. The van der Waals surface area contributed by atoms with Crippen molar-refractivity contribution >= 4 is 28.3 Å². The van der Waals surface area contributed by atoms with Crippen LogP contribution in [-0.2, 0) is 0 Å². The van der Waals surface area contributed by atoms with Crippen molar-refractivity contribution in [2.45, 2.75) is 38.8 Å². The summed E-state index contributed by atoms with van der Waals surface area (Å²) in [6.45, 7) is 6.67. The number of aromatic nitrogens is 6. The van der Waals surface area contributed by atoms with Crippen LogP contribution in [0.2, 0.25) is 0 Å². The number of likely N-dealkylation sites (tertiary alicyclic amines) is 1. The van der Waals surface area contributed by atoms with Crippen molar-refractivity contribution in [3.8, 4) is 33.6 Å². The van der Waals surface area contributed by atoms with E-state index in [9.17, 15) is 9.90 Å². The number of hydrogen-bond acceptors (Lipinski definition) is 6. The summed E-state index contributed by atoms with van der Waals surface area (Å²) in [5.74, 6) is -1.49. The van der Waals surface area contributed by atoms with Gasteiger partial charge < -0.3 is 10.0 Å². The number of H-pyrrole nitrogens is 1. The number of fused-ring (bicyclic) bond motifs is 4. The zero-order valence-corrected chi connectivity index (χ0v) is 25.4. The lowest BCUT2D eigenvalue weighted by Gasteiger charge is -2.48. The van der Waals surface area contributed by atoms with Gasteiger partial charge in [-0.3, -0.25) is 15.0 Å². The first kappa shape index (κ1) is 28.1. The van der Waals surface area contributed by atoms with Crippen LogP contribution in [0.4, 0.5) is 19.3 Å². The van der Waals surface area contributed by atoms with Crippen molar-refractivity contribution in [2.75, 3.05) is 18.0 Å².